The van der Waals surface area contributed by atoms with Crippen LogP contribution in [0, 0.1) is 19.7 Å². The van der Waals surface area contributed by atoms with Gasteiger partial charge in [0.05, 0.1) is 22.5 Å². The summed E-state index contributed by atoms with van der Waals surface area (Å²) in [5, 5.41) is 5.29. The lowest BCUT2D eigenvalue weighted by atomic mass is 10.1. The highest BCUT2D eigenvalue weighted by Gasteiger charge is 2.11. The molecule has 2 N–H and O–H groups in total. The van der Waals surface area contributed by atoms with Crippen molar-refractivity contribution in [3.8, 4) is 11.6 Å². The van der Waals surface area contributed by atoms with Crippen molar-refractivity contribution in [2.45, 2.75) is 20.3 Å². The van der Waals surface area contributed by atoms with E-state index in [2.05, 4.69) is 15.6 Å². The lowest BCUT2D eigenvalue weighted by Gasteiger charge is -2.09. The summed E-state index contributed by atoms with van der Waals surface area (Å²) in [6.45, 7) is 4.13. The maximum Gasteiger partial charge on any atom is 0.252 e. The van der Waals surface area contributed by atoms with E-state index in [4.69, 9.17) is 16.3 Å². The largest absolute Gasteiger partial charge is 0.439 e. The van der Waals surface area contributed by atoms with Crippen LogP contribution < -0.4 is 15.4 Å². The Morgan fingerprint density at radius 2 is 1.87 bits per heavy atom. The monoisotopic (exact) mass is 441 g/mol. The van der Waals surface area contributed by atoms with Gasteiger partial charge in [-0.25, -0.2) is 9.37 Å². The second kappa shape index (κ2) is 10.0. The molecule has 0 bridgehead atoms. The molecule has 3 aromatic rings. The second-order valence-electron chi connectivity index (χ2n) is 6.91. The number of carbonyl (C=O) groups excluding carboxylic acids is 2. The molecule has 0 spiro atoms. The first-order valence-electron chi connectivity index (χ1n) is 9.56. The van der Waals surface area contributed by atoms with Gasteiger partial charge in [0.15, 0.2) is 0 Å². The van der Waals surface area contributed by atoms with Crippen LogP contribution in [0.25, 0.3) is 0 Å². The third-order valence-electron chi connectivity index (χ3n) is 4.53. The lowest BCUT2D eigenvalue weighted by molar-refractivity contribution is -0.116. The number of pyridine rings is 1. The van der Waals surface area contributed by atoms with Crippen LogP contribution in [-0.4, -0.2) is 23.3 Å². The number of anilines is 1. The fraction of sp³-hybridized carbons (Fsp3) is 0.174. The number of hydrogen-bond acceptors (Lipinski definition) is 4. The molecule has 1 aromatic heterocycles. The molecule has 2 amide bonds. The molecule has 0 saturated carbocycles. The zero-order valence-corrected chi connectivity index (χ0v) is 17.8. The van der Waals surface area contributed by atoms with Gasteiger partial charge in [0.25, 0.3) is 5.91 Å². The normalized spacial score (nSPS) is 10.5. The number of rotatable bonds is 7. The van der Waals surface area contributed by atoms with E-state index in [-0.39, 0.29) is 29.5 Å². The van der Waals surface area contributed by atoms with Gasteiger partial charge in [0.1, 0.15) is 11.6 Å². The van der Waals surface area contributed by atoms with Crippen molar-refractivity contribution in [2.24, 2.45) is 0 Å². The number of ether oxygens (including phenoxy) is 1. The van der Waals surface area contributed by atoms with E-state index < -0.39 is 11.7 Å². The number of nitrogens with zero attached hydrogens (tertiary/aromatic N) is 1. The minimum Gasteiger partial charge on any atom is -0.439 e. The van der Waals surface area contributed by atoms with Crippen molar-refractivity contribution in [1.82, 2.24) is 10.3 Å². The number of hydrogen-bond donors (Lipinski definition) is 2. The Labute approximate surface area is 184 Å². The van der Waals surface area contributed by atoms with Gasteiger partial charge in [-0.1, -0.05) is 17.7 Å². The number of halogens is 2. The molecule has 160 valence electrons. The summed E-state index contributed by atoms with van der Waals surface area (Å²) in [5.41, 5.74) is 2.95. The van der Waals surface area contributed by atoms with Crippen LogP contribution in [0.3, 0.4) is 0 Å². The number of carbonyl (C=O) groups is 2. The van der Waals surface area contributed by atoms with Crippen LogP contribution in [0.4, 0.5) is 10.1 Å². The molecule has 0 radical (unpaired) electrons. The van der Waals surface area contributed by atoms with Crippen LogP contribution >= 0.6 is 11.6 Å². The number of aromatic nitrogens is 1. The zero-order chi connectivity index (χ0) is 22.4. The fourth-order valence-corrected chi connectivity index (χ4v) is 2.95. The van der Waals surface area contributed by atoms with Gasteiger partial charge in [0, 0.05) is 19.0 Å². The summed E-state index contributed by atoms with van der Waals surface area (Å²) >= 11 is 5.85. The molecule has 3 rings (SSSR count). The van der Waals surface area contributed by atoms with Crippen LogP contribution in [0.2, 0.25) is 5.02 Å². The van der Waals surface area contributed by atoms with Crippen molar-refractivity contribution >= 4 is 29.1 Å². The van der Waals surface area contributed by atoms with Gasteiger partial charge in [-0.2, -0.15) is 0 Å². The van der Waals surface area contributed by atoms with E-state index in [9.17, 15) is 14.0 Å². The molecular weight excluding hydrogens is 421 g/mol. The minimum atomic E-state index is -0.528. The zero-order valence-electron chi connectivity index (χ0n) is 17.0. The summed E-state index contributed by atoms with van der Waals surface area (Å²) in [5.74, 6) is -0.212. The average Bonchev–Trinajstić information content (AvgIpc) is 2.72. The first kappa shape index (κ1) is 22.2. The summed E-state index contributed by atoms with van der Waals surface area (Å²) in [4.78, 5) is 28.4. The van der Waals surface area contributed by atoms with Crippen LogP contribution in [-0.2, 0) is 4.79 Å². The highest BCUT2D eigenvalue weighted by molar-refractivity contribution is 6.33. The van der Waals surface area contributed by atoms with Gasteiger partial charge in [-0.3, -0.25) is 9.59 Å². The first-order chi connectivity index (χ1) is 14.8. The van der Waals surface area contributed by atoms with E-state index in [1.54, 1.807) is 12.1 Å². The topological polar surface area (TPSA) is 80.3 Å². The Balaban J connectivity index is 1.47. The second-order valence-corrected chi connectivity index (χ2v) is 7.32. The third kappa shape index (κ3) is 6.26. The fourth-order valence-electron chi connectivity index (χ4n) is 2.69. The quantitative estimate of drug-likeness (QED) is 0.538. The molecule has 31 heavy (non-hydrogen) atoms. The van der Waals surface area contributed by atoms with E-state index in [1.165, 1.54) is 17.8 Å². The molecule has 0 aliphatic heterocycles. The number of amides is 2. The van der Waals surface area contributed by atoms with Crippen molar-refractivity contribution in [3.05, 3.63) is 82.3 Å². The number of nitrogens with one attached hydrogen (secondary N) is 2. The van der Waals surface area contributed by atoms with Gasteiger partial charge in [-0.05, 0) is 61.4 Å². The van der Waals surface area contributed by atoms with Crippen LogP contribution in [0.15, 0.2) is 54.7 Å². The Hall–Kier alpha value is -3.45. The van der Waals surface area contributed by atoms with E-state index >= 15 is 0 Å². The molecule has 8 heteroatoms. The van der Waals surface area contributed by atoms with Crippen LogP contribution in [0.1, 0.15) is 27.9 Å². The molecule has 2 aromatic carbocycles. The highest BCUT2D eigenvalue weighted by Crippen LogP contribution is 2.23. The van der Waals surface area contributed by atoms with Gasteiger partial charge in [0.2, 0.25) is 11.8 Å². The summed E-state index contributed by atoms with van der Waals surface area (Å²) in [6.07, 6.45) is 1.54. The standard InChI is InChI=1S/C23H21ClFN3O3/c1-14-3-6-18(11-15(14)2)31-22-8-5-17(13-27-22)28-21(29)9-10-26-23(30)19-7-4-16(25)12-20(19)24/h3-8,11-13H,9-10H2,1-2H3,(H,26,30)(H,28,29). The Bertz CT molecular complexity index is 1100. The summed E-state index contributed by atoms with van der Waals surface area (Å²) < 4.78 is 18.8. The van der Waals surface area contributed by atoms with Crippen LogP contribution in [0.5, 0.6) is 11.6 Å². The van der Waals surface area contributed by atoms with E-state index in [0.29, 0.717) is 17.3 Å². The molecule has 1 heterocycles. The van der Waals surface area contributed by atoms with Crippen molar-refractivity contribution < 1.29 is 18.7 Å². The molecule has 0 aliphatic carbocycles. The van der Waals surface area contributed by atoms with Gasteiger partial charge < -0.3 is 15.4 Å². The smallest absolute Gasteiger partial charge is 0.252 e. The van der Waals surface area contributed by atoms with Crippen molar-refractivity contribution in [1.29, 1.82) is 0 Å². The maximum atomic E-state index is 13.1. The number of aryl methyl sites for hydroxylation is 2. The van der Waals surface area contributed by atoms with Crippen molar-refractivity contribution in [2.75, 3.05) is 11.9 Å². The third-order valence-corrected chi connectivity index (χ3v) is 4.85. The van der Waals surface area contributed by atoms with Crippen molar-refractivity contribution in [3.63, 3.8) is 0 Å². The van der Waals surface area contributed by atoms with E-state index in [1.807, 2.05) is 32.0 Å². The Kier molecular flexibility index (Phi) is 7.20. The van der Waals surface area contributed by atoms with Gasteiger partial charge in [-0.15, -0.1) is 0 Å². The number of benzene rings is 2. The van der Waals surface area contributed by atoms with E-state index in [0.717, 1.165) is 17.7 Å². The molecule has 6 nitrogen and oxygen atoms in total. The SMILES string of the molecule is Cc1ccc(Oc2ccc(NC(=O)CCNC(=O)c3ccc(F)cc3Cl)cn2)cc1C. The minimum absolute atomic E-state index is 0.0103. The average molecular weight is 442 g/mol. The molecule has 0 aliphatic rings. The molecule has 0 fully saturated rings. The Morgan fingerprint density at radius 3 is 2.55 bits per heavy atom. The first-order valence-corrected chi connectivity index (χ1v) is 9.94. The molecule has 0 saturated heterocycles. The maximum absolute atomic E-state index is 13.1. The highest BCUT2D eigenvalue weighted by atomic mass is 35.5. The summed E-state index contributed by atoms with van der Waals surface area (Å²) in [6, 6.07) is 12.6. The lowest BCUT2D eigenvalue weighted by Crippen LogP contribution is -2.27. The Morgan fingerprint density at radius 1 is 1.06 bits per heavy atom. The molecular formula is C23H21ClFN3O3. The van der Waals surface area contributed by atoms with Gasteiger partial charge >= 0.3 is 0 Å². The molecule has 0 unspecified atom stereocenters. The predicted molar refractivity (Wildman–Crippen MR) is 117 cm³/mol. The predicted octanol–water partition coefficient (Wildman–Crippen LogP) is 5.04. The summed E-state index contributed by atoms with van der Waals surface area (Å²) in [7, 11) is 0. The molecule has 0 atom stereocenters.